The molecule has 1 aromatic heterocycles. The summed E-state index contributed by atoms with van der Waals surface area (Å²) in [6.07, 6.45) is 3.64. The van der Waals surface area contributed by atoms with Crippen LogP contribution >= 0.6 is 11.8 Å². The molecule has 2 N–H and O–H groups in total. The molecule has 8 heteroatoms. The van der Waals surface area contributed by atoms with Crippen molar-refractivity contribution in [1.29, 1.82) is 0 Å². The van der Waals surface area contributed by atoms with Crippen molar-refractivity contribution in [3.63, 3.8) is 0 Å². The van der Waals surface area contributed by atoms with Crippen molar-refractivity contribution in [2.75, 3.05) is 31.7 Å². The number of nitrogens with one attached hydrogen (secondary N) is 2. The molecule has 0 bridgehead atoms. The Balaban J connectivity index is 1.52. The molecular weight excluding hydrogens is 410 g/mol. The first-order valence-corrected chi connectivity index (χ1v) is 10.9. The number of para-hydroxylation sites is 1. The van der Waals surface area contributed by atoms with Gasteiger partial charge in [0, 0.05) is 24.6 Å². The highest BCUT2D eigenvalue weighted by atomic mass is 32.2. The molecule has 0 radical (unpaired) electrons. The van der Waals surface area contributed by atoms with Gasteiger partial charge >= 0.3 is 0 Å². The topological polar surface area (TPSA) is 79.3 Å². The number of amides is 2. The lowest BCUT2D eigenvalue weighted by Crippen LogP contribution is -2.27. The Bertz CT molecular complexity index is 1050. The van der Waals surface area contributed by atoms with Crippen LogP contribution in [0.5, 0.6) is 0 Å². The second kappa shape index (κ2) is 10.8. The summed E-state index contributed by atoms with van der Waals surface area (Å²) in [4.78, 5) is 30.5. The fraction of sp³-hybridized carbons (Fsp3) is 0.261. The fourth-order valence-electron chi connectivity index (χ4n) is 3.04. The Morgan fingerprint density at radius 3 is 2.68 bits per heavy atom. The van der Waals surface area contributed by atoms with E-state index in [1.54, 1.807) is 6.20 Å². The van der Waals surface area contributed by atoms with Crippen LogP contribution in [-0.4, -0.2) is 52.7 Å². The van der Waals surface area contributed by atoms with E-state index >= 15 is 0 Å². The maximum atomic E-state index is 12.4. The molecule has 0 aliphatic rings. The summed E-state index contributed by atoms with van der Waals surface area (Å²) in [5.74, 6) is 0.112. The second-order valence-corrected chi connectivity index (χ2v) is 8.36. The maximum absolute atomic E-state index is 12.4. The van der Waals surface area contributed by atoms with Gasteiger partial charge in [-0.3, -0.25) is 14.2 Å². The van der Waals surface area contributed by atoms with E-state index in [1.807, 2.05) is 85.2 Å². The van der Waals surface area contributed by atoms with Gasteiger partial charge in [-0.05, 0) is 50.3 Å². The van der Waals surface area contributed by atoms with Crippen LogP contribution in [0.25, 0.3) is 5.69 Å². The lowest BCUT2D eigenvalue weighted by atomic mass is 10.2. The number of likely N-dealkylation sites (N-methyl/N-ethyl adjacent to an activating group) is 1. The average molecular weight is 438 g/mol. The van der Waals surface area contributed by atoms with Crippen molar-refractivity contribution in [2.45, 2.75) is 18.6 Å². The SMILES string of the molecule is Cc1ccccc1-n1ccnc1SCC(=O)NCc1cccc(NC(=O)CN(C)C)c1. The number of anilines is 1. The molecule has 2 amide bonds. The molecule has 0 saturated heterocycles. The third-order valence-corrected chi connectivity index (χ3v) is 5.44. The first-order valence-electron chi connectivity index (χ1n) is 9.95. The molecule has 162 valence electrons. The molecule has 31 heavy (non-hydrogen) atoms. The van der Waals surface area contributed by atoms with Gasteiger partial charge in [-0.25, -0.2) is 4.98 Å². The Kier molecular flexibility index (Phi) is 7.86. The third kappa shape index (κ3) is 6.70. The average Bonchev–Trinajstić information content (AvgIpc) is 3.19. The number of benzene rings is 2. The van der Waals surface area contributed by atoms with Gasteiger partial charge in [0.25, 0.3) is 0 Å². The number of hydrogen-bond donors (Lipinski definition) is 2. The molecule has 0 spiro atoms. The minimum Gasteiger partial charge on any atom is -0.351 e. The van der Waals surface area contributed by atoms with Crippen LogP contribution in [0.2, 0.25) is 0 Å². The molecule has 0 atom stereocenters. The van der Waals surface area contributed by atoms with E-state index in [-0.39, 0.29) is 17.6 Å². The predicted molar refractivity (Wildman–Crippen MR) is 124 cm³/mol. The highest BCUT2D eigenvalue weighted by Gasteiger charge is 2.11. The molecule has 1 heterocycles. The molecule has 3 rings (SSSR count). The molecule has 7 nitrogen and oxygen atoms in total. The third-order valence-electron chi connectivity index (χ3n) is 4.47. The zero-order valence-electron chi connectivity index (χ0n) is 18.0. The number of carbonyl (C=O) groups is 2. The van der Waals surface area contributed by atoms with E-state index in [9.17, 15) is 9.59 Å². The van der Waals surface area contributed by atoms with Crippen LogP contribution < -0.4 is 10.6 Å². The van der Waals surface area contributed by atoms with Crippen LogP contribution in [0.3, 0.4) is 0 Å². The van der Waals surface area contributed by atoms with Crippen LogP contribution in [0, 0.1) is 6.92 Å². The minimum atomic E-state index is -0.0774. The van der Waals surface area contributed by atoms with Gasteiger partial charge in [-0.1, -0.05) is 42.1 Å². The minimum absolute atomic E-state index is 0.0771. The van der Waals surface area contributed by atoms with Crippen LogP contribution in [-0.2, 0) is 16.1 Å². The van der Waals surface area contributed by atoms with Crippen LogP contribution in [0.15, 0.2) is 66.1 Å². The first-order chi connectivity index (χ1) is 14.9. The molecule has 0 unspecified atom stereocenters. The van der Waals surface area contributed by atoms with E-state index in [0.29, 0.717) is 18.8 Å². The lowest BCUT2D eigenvalue weighted by Gasteiger charge is -2.12. The summed E-state index contributed by atoms with van der Waals surface area (Å²) < 4.78 is 1.99. The normalized spacial score (nSPS) is 10.8. The summed E-state index contributed by atoms with van der Waals surface area (Å²) in [5, 5.41) is 6.56. The monoisotopic (exact) mass is 437 g/mol. The van der Waals surface area contributed by atoms with Gasteiger partial charge in [-0.2, -0.15) is 0 Å². The summed E-state index contributed by atoms with van der Waals surface area (Å²) in [7, 11) is 3.69. The molecule has 0 aliphatic carbocycles. The van der Waals surface area contributed by atoms with E-state index in [4.69, 9.17) is 0 Å². The van der Waals surface area contributed by atoms with E-state index in [2.05, 4.69) is 15.6 Å². The number of imidazole rings is 1. The van der Waals surface area contributed by atoms with Gasteiger partial charge in [-0.15, -0.1) is 0 Å². The molecule has 0 fully saturated rings. The Hall–Kier alpha value is -3.10. The molecule has 2 aromatic carbocycles. The molecule has 0 saturated carbocycles. The summed E-state index contributed by atoms with van der Waals surface area (Å²) in [6.45, 7) is 2.76. The van der Waals surface area contributed by atoms with E-state index in [1.165, 1.54) is 11.8 Å². The van der Waals surface area contributed by atoms with Crippen LogP contribution in [0.1, 0.15) is 11.1 Å². The number of aromatic nitrogens is 2. The zero-order chi connectivity index (χ0) is 22.2. The Morgan fingerprint density at radius 2 is 1.90 bits per heavy atom. The van der Waals surface area contributed by atoms with Crippen molar-refractivity contribution in [2.24, 2.45) is 0 Å². The highest BCUT2D eigenvalue weighted by Crippen LogP contribution is 2.22. The molecule has 3 aromatic rings. The fourth-order valence-corrected chi connectivity index (χ4v) is 3.84. The lowest BCUT2D eigenvalue weighted by molar-refractivity contribution is -0.119. The molecule has 0 aliphatic heterocycles. The van der Waals surface area contributed by atoms with Crippen molar-refractivity contribution < 1.29 is 9.59 Å². The number of nitrogens with zero attached hydrogens (tertiary/aromatic N) is 3. The van der Waals surface area contributed by atoms with Crippen molar-refractivity contribution in [3.8, 4) is 5.69 Å². The number of aryl methyl sites for hydroxylation is 1. The predicted octanol–water partition coefficient (Wildman–Crippen LogP) is 3.09. The van der Waals surface area contributed by atoms with Gasteiger partial charge in [0.2, 0.25) is 11.8 Å². The van der Waals surface area contributed by atoms with Gasteiger partial charge < -0.3 is 15.5 Å². The van der Waals surface area contributed by atoms with Crippen molar-refractivity contribution in [1.82, 2.24) is 19.8 Å². The van der Waals surface area contributed by atoms with Gasteiger partial charge in [0.05, 0.1) is 18.0 Å². The van der Waals surface area contributed by atoms with Gasteiger partial charge in [0.1, 0.15) is 0 Å². The smallest absolute Gasteiger partial charge is 0.238 e. The first kappa shape index (κ1) is 22.6. The molecular formula is C23H27N5O2S. The van der Waals surface area contributed by atoms with Crippen molar-refractivity contribution in [3.05, 3.63) is 72.1 Å². The Labute approximate surface area is 186 Å². The largest absolute Gasteiger partial charge is 0.351 e. The standard InChI is InChI=1S/C23H27N5O2S/c1-17-7-4-5-10-20(17)28-12-11-24-23(28)31-16-22(30)25-14-18-8-6-9-19(13-18)26-21(29)15-27(2)3/h4-13H,14-16H2,1-3H3,(H,25,30)(H,26,29). The van der Waals surface area contributed by atoms with E-state index < -0.39 is 0 Å². The quantitative estimate of drug-likeness (QED) is 0.503. The van der Waals surface area contributed by atoms with Crippen LogP contribution in [0.4, 0.5) is 5.69 Å². The highest BCUT2D eigenvalue weighted by molar-refractivity contribution is 7.99. The summed E-state index contributed by atoms with van der Waals surface area (Å²) >= 11 is 1.40. The summed E-state index contributed by atoms with van der Waals surface area (Å²) in [6, 6.07) is 15.5. The number of rotatable bonds is 9. The van der Waals surface area contributed by atoms with E-state index in [0.717, 1.165) is 22.0 Å². The summed E-state index contributed by atoms with van der Waals surface area (Å²) in [5.41, 5.74) is 3.83. The number of carbonyl (C=O) groups excluding carboxylic acids is 2. The number of hydrogen-bond acceptors (Lipinski definition) is 5. The number of thioether (sulfide) groups is 1. The maximum Gasteiger partial charge on any atom is 0.238 e. The second-order valence-electron chi connectivity index (χ2n) is 7.42. The van der Waals surface area contributed by atoms with Gasteiger partial charge in [0.15, 0.2) is 5.16 Å². The Morgan fingerprint density at radius 1 is 1.10 bits per heavy atom. The zero-order valence-corrected chi connectivity index (χ0v) is 18.8. The van der Waals surface area contributed by atoms with Crippen molar-refractivity contribution >= 4 is 29.3 Å².